The Hall–Kier alpha value is -1.98. The number of alkyl halides is 1. The van der Waals surface area contributed by atoms with E-state index in [1.165, 1.54) is 11.6 Å². The van der Waals surface area contributed by atoms with Crippen molar-refractivity contribution in [3.63, 3.8) is 0 Å². The molecule has 1 aliphatic heterocycles. The van der Waals surface area contributed by atoms with E-state index in [1.54, 1.807) is 18.2 Å². The van der Waals surface area contributed by atoms with Gasteiger partial charge in [-0.25, -0.2) is 4.39 Å². The number of piperazine rings is 1. The molecule has 3 nitrogen and oxygen atoms in total. The molecule has 2 aromatic rings. The Balaban J connectivity index is 1.45. The molecule has 3 rings (SSSR count). The highest BCUT2D eigenvalue weighted by Crippen LogP contribution is 2.17. The summed E-state index contributed by atoms with van der Waals surface area (Å²) in [5.41, 5.74) is 1.76. The lowest BCUT2D eigenvalue weighted by Gasteiger charge is -2.35. The first-order chi connectivity index (χ1) is 13.1. The SMILES string of the molecule is O=C(C(Br)Cc1ccccc1F)N1CCN(C/C=C/c2ccccc2)CC1. The van der Waals surface area contributed by atoms with E-state index in [2.05, 4.69) is 45.1 Å². The quantitative estimate of drug-likeness (QED) is 0.646. The van der Waals surface area contributed by atoms with E-state index in [0.717, 1.165) is 19.6 Å². The molecule has 0 bridgehead atoms. The van der Waals surface area contributed by atoms with Crippen LogP contribution in [0.3, 0.4) is 0 Å². The third kappa shape index (κ3) is 5.75. The van der Waals surface area contributed by atoms with E-state index in [9.17, 15) is 9.18 Å². The Bertz CT molecular complexity index is 773. The fraction of sp³-hybridized carbons (Fsp3) is 0.318. The molecule has 0 N–H and O–H groups in total. The predicted octanol–water partition coefficient (Wildman–Crippen LogP) is 3.99. The van der Waals surface area contributed by atoms with Gasteiger partial charge in [-0.3, -0.25) is 9.69 Å². The van der Waals surface area contributed by atoms with Crippen LogP contribution < -0.4 is 0 Å². The van der Waals surface area contributed by atoms with Gasteiger partial charge in [0.05, 0.1) is 4.83 Å². The van der Waals surface area contributed by atoms with Gasteiger partial charge in [-0.2, -0.15) is 0 Å². The number of carbonyl (C=O) groups excluding carboxylic acids is 1. The third-order valence-electron chi connectivity index (χ3n) is 4.78. The summed E-state index contributed by atoms with van der Waals surface area (Å²) in [7, 11) is 0. The highest BCUT2D eigenvalue weighted by Gasteiger charge is 2.26. The molecule has 1 heterocycles. The zero-order valence-electron chi connectivity index (χ0n) is 15.2. The lowest BCUT2D eigenvalue weighted by Crippen LogP contribution is -2.50. The zero-order valence-corrected chi connectivity index (χ0v) is 16.8. The molecular formula is C22H24BrFN2O. The first-order valence-electron chi connectivity index (χ1n) is 9.23. The van der Waals surface area contributed by atoms with E-state index < -0.39 is 0 Å². The number of nitrogens with zero attached hydrogens (tertiary/aromatic N) is 2. The lowest BCUT2D eigenvalue weighted by atomic mass is 10.1. The molecule has 5 heteroatoms. The monoisotopic (exact) mass is 430 g/mol. The molecule has 0 aromatic heterocycles. The number of benzene rings is 2. The first-order valence-corrected chi connectivity index (χ1v) is 10.2. The summed E-state index contributed by atoms with van der Waals surface area (Å²) in [5.74, 6) is -0.220. The summed E-state index contributed by atoms with van der Waals surface area (Å²) < 4.78 is 13.8. The summed E-state index contributed by atoms with van der Waals surface area (Å²) >= 11 is 3.45. The maximum Gasteiger partial charge on any atom is 0.236 e. The van der Waals surface area contributed by atoms with Gasteiger partial charge in [0.2, 0.25) is 5.91 Å². The van der Waals surface area contributed by atoms with Crippen molar-refractivity contribution in [1.29, 1.82) is 0 Å². The Morgan fingerprint density at radius 2 is 1.70 bits per heavy atom. The van der Waals surface area contributed by atoms with Gasteiger partial charge in [0.15, 0.2) is 0 Å². The Morgan fingerprint density at radius 3 is 2.41 bits per heavy atom. The molecule has 0 aliphatic carbocycles. The number of halogens is 2. The molecule has 0 saturated carbocycles. The largest absolute Gasteiger partial charge is 0.339 e. The van der Waals surface area contributed by atoms with Gasteiger partial charge < -0.3 is 4.90 Å². The molecule has 27 heavy (non-hydrogen) atoms. The molecule has 1 saturated heterocycles. The fourth-order valence-corrected chi connectivity index (χ4v) is 3.83. The minimum atomic E-state index is -0.390. The highest BCUT2D eigenvalue weighted by atomic mass is 79.9. The summed E-state index contributed by atoms with van der Waals surface area (Å²) in [4.78, 5) is 16.5. The molecule has 0 radical (unpaired) electrons. The van der Waals surface area contributed by atoms with Crippen LogP contribution in [0, 0.1) is 5.82 Å². The van der Waals surface area contributed by atoms with E-state index in [-0.39, 0.29) is 16.6 Å². The molecule has 1 fully saturated rings. The second-order valence-corrected chi connectivity index (χ2v) is 7.81. The van der Waals surface area contributed by atoms with Crippen LogP contribution in [-0.2, 0) is 11.2 Å². The Morgan fingerprint density at radius 1 is 1.04 bits per heavy atom. The van der Waals surface area contributed by atoms with Crippen molar-refractivity contribution < 1.29 is 9.18 Å². The molecule has 1 amide bonds. The minimum Gasteiger partial charge on any atom is -0.339 e. The van der Waals surface area contributed by atoms with Gasteiger partial charge in [0.25, 0.3) is 0 Å². The topological polar surface area (TPSA) is 23.6 Å². The normalized spacial score (nSPS) is 16.6. The van der Waals surface area contributed by atoms with Crippen LogP contribution in [0.2, 0.25) is 0 Å². The van der Waals surface area contributed by atoms with Crippen molar-refractivity contribution in [1.82, 2.24) is 9.80 Å². The second kappa shape index (κ2) is 9.81. The smallest absolute Gasteiger partial charge is 0.236 e. The molecule has 142 valence electrons. The number of hydrogen-bond donors (Lipinski definition) is 0. The summed E-state index contributed by atoms with van der Waals surface area (Å²) in [6.45, 7) is 3.99. The van der Waals surface area contributed by atoms with Gasteiger partial charge in [0.1, 0.15) is 5.82 Å². The molecule has 1 atom stereocenters. The fourth-order valence-electron chi connectivity index (χ4n) is 3.20. The molecule has 1 aliphatic rings. The molecule has 0 spiro atoms. The Kier molecular flexibility index (Phi) is 7.18. The predicted molar refractivity (Wildman–Crippen MR) is 111 cm³/mol. The lowest BCUT2D eigenvalue weighted by molar-refractivity contribution is -0.132. The van der Waals surface area contributed by atoms with Crippen LogP contribution in [0.4, 0.5) is 4.39 Å². The van der Waals surface area contributed by atoms with E-state index in [1.807, 2.05) is 23.1 Å². The van der Waals surface area contributed by atoms with Crippen LogP contribution in [0.15, 0.2) is 60.7 Å². The third-order valence-corrected chi connectivity index (χ3v) is 5.50. The van der Waals surface area contributed by atoms with Crippen molar-refractivity contribution in [2.24, 2.45) is 0 Å². The van der Waals surface area contributed by atoms with Crippen molar-refractivity contribution in [3.05, 3.63) is 77.6 Å². The first kappa shape index (κ1) is 19.8. The van der Waals surface area contributed by atoms with Crippen LogP contribution in [-0.4, -0.2) is 53.3 Å². The standard InChI is InChI=1S/C22H24BrFN2O/c23-20(17-19-10-4-5-11-21(19)24)22(27)26-15-13-25(14-16-26)12-6-9-18-7-2-1-3-8-18/h1-11,20H,12-17H2/b9-6+. The van der Waals surface area contributed by atoms with Gasteiger partial charge in [0, 0.05) is 32.7 Å². The number of hydrogen-bond acceptors (Lipinski definition) is 2. The van der Waals surface area contributed by atoms with Crippen LogP contribution in [0.25, 0.3) is 6.08 Å². The highest BCUT2D eigenvalue weighted by molar-refractivity contribution is 9.10. The summed E-state index contributed by atoms with van der Waals surface area (Å²) in [6, 6.07) is 16.9. The molecular weight excluding hydrogens is 407 g/mol. The van der Waals surface area contributed by atoms with E-state index in [4.69, 9.17) is 0 Å². The van der Waals surface area contributed by atoms with E-state index in [0.29, 0.717) is 25.1 Å². The van der Waals surface area contributed by atoms with Crippen LogP contribution in [0.1, 0.15) is 11.1 Å². The van der Waals surface area contributed by atoms with Crippen molar-refractivity contribution >= 4 is 27.9 Å². The van der Waals surface area contributed by atoms with Gasteiger partial charge in [-0.1, -0.05) is 76.6 Å². The van der Waals surface area contributed by atoms with Gasteiger partial charge in [-0.15, -0.1) is 0 Å². The number of rotatable bonds is 6. The number of amides is 1. The van der Waals surface area contributed by atoms with Crippen molar-refractivity contribution in [2.45, 2.75) is 11.2 Å². The van der Waals surface area contributed by atoms with Gasteiger partial charge in [-0.05, 0) is 23.6 Å². The maximum absolute atomic E-state index is 13.8. The minimum absolute atomic E-state index is 0.0396. The van der Waals surface area contributed by atoms with Crippen molar-refractivity contribution in [2.75, 3.05) is 32.7 Å². The van der Waals surface area contributed by atoms with E-state index >= 15 is 0 Å². The molecule has 1 unspecified atom stereocenters. The zero-order chi connectivity index (χ0) is 19.1. The van der Waals surface area contributed by atoms with Crippen LogP contribution in [0.5, 0.6) is 0 Å². The second-order valence-electron chi connectivity index (χ2n) is 6.70. The average Bonchev–Trinajstić information content (AvgIpc) is 2.70. The number of carbonyl (C=O) groups is 1. The average molecular weight is 431 g/mol. The summed E-state index contributed by atoms with van der Waals surface area (Å²) in [6.07, 6.45) is 4.66. The summed E-state index contributed by atoms with van der Waals surface area (Å²) in [5, 5.41) is 0. The van der Waals surface area contributed by atoms with Gasteiger partial charge >= 0.3 is 0 Å². The Labute approximate surface area is 168 Å². The van der Waals surface area contributed by atoms with Crippen molar-refractivity contribution in [3.8, 4) is 0 Å². The maximum atomic E-state index is 13.8. The molecule has 2 aromatic carbocycles. The van der Waals surface area contributed by atoms with Crippen LogP contribution >= 0.6 is 15.9 Å².